The van der Waals surface area contributed by atoms with Crippen molar-refractivity contribution in [2.45, 2.75) is 46.2 Å². The summed E-state index contributed by atoms with van der Waals surface area (Å²) in [5.74, 6) is -0.275. The van der Waals surface area contributed by atoms with E-state index in [0.29, 0.717) is 56.2 Å². The molecule has 0 radical (unpaired) electrons. The monoisotopic (exact) mass is 493 g/mol. The molecule has 4 rings (SSSR count). The third kappa shape index (κ3) is 5.28. The SMILES string of the molecule is CCN(CC)C(=O)C(c1ccccc1)N1CCN(c2ccc(C3=NN(C(C)C)C(=O)C3)cc2F)CC1. The Bertz CT molecular complexity index is 1110. The fraction of sp³-hybridized carbons (Fsp3) is 0.464. The Kier molecular flexibility index (Phi) is 8.04. The summed E-state index contributed by atoms with van der Waals surface area (Å²) in [6.45, 7) is 11.7. The average molecular weight is 494 g/mol. The van der Waals surface area contributed by atoms with E-state index in [4.69, 9.17) is 0 Å². The van der Waals surface area contributed by atoms with Crippen LogP contribution in [0, 0.1) is 5.82 Å². The van der Waals surface area contributed by atoms with Gasteiger partial charge in [0.1, 0.15) is 11.9 Å². The average Bonchev–Trinajstić information content (AvgIpc) is 3.28. The van der Waals surface area contributed by atoms with Crippen molar-refractivity contribution in [3.8, 4) is 0 Å². The Morgan fingerprint density at radius 3 is 2.25 bits per heavy atom. The van der Waals surface area contributed by atoms with Crippen LogP contribution in [0.25, 0.3) is 0 Å². The van der Waals surface area contributed by atoms with Crippen LogP contribution >= 0.6 is 0 Å². The summed E-state index contributed by atoms with van der Waals surface area (Å²) in [5.41, 5.74) is 2.76. The van der Waals surface area contributed by atoms with Gasteiger partial charge in [0.2, 0.25) is 11.8 Å². The van der Waals surface area contributed by atoms with E-state index >= 15 is 4.39 Å². The number of amides is 2. The number of hydrogen-bond acceptors (Lipinski definition) is 5. The predicted molar refractivity (Wildman–Crippen MR) is 140 cm³/mol. The van der Waals surface area contributed by atoms with E-state index in [2.05, 4.69) is 10.0 Å². The Balaban J connectivity index is 1.48. The second-order valence-electron chi connectivity index (χ2n) is 9.57. The highest BCUT2D eigenvalue weighted by molar-refractivity contribution is 6.13. The summed E-state index contributed by atoms with van der Waals surface area (Å²) in [5, 5.41) is 5.86. The first-order valence-electron chi connectivity index (χ1n) is 12.9. The molecule has 2 aliphatic rings. The fourth-order valence-corrected chi connectivity index (χ4v) is 5.03. The van der Waals surface area contributed by atoms with Crippen molar-refractivity contribution >= 4 is 23.2 Å². The second-order valence-corrected chi connectivity index (χ2v) is 9.57. The first-order chi connectivity index (χ1) is 17.3. The van der Waals surface area contributed by atoms with E-state index in [1.165, 1.54) is 11.1 Å². The first-order valence-corrected chi connectivity index (χ1v) is 12.9. The number of carbonyl (C=O) groups excluding carboxylic acids is 2. The van der Waals surface area contributed by atoms with Crippen molar-refractivity contribution in [1.82, 2.24) is 14.8 Å². The van der Waals surface area contributed by atoms with Crippen LogP contribution < -0.4 is 4.90 Å². The smallest absolute Gasteiger partial charge is 0.249 e. The third-order valence-electron chi connectivity index (χ3n) is 7.02. The molecular formula is C28H36FN5O2. The zero-order chi connectivity index (χ0) is 25.8. The van der Waals surface area contributed by atoms with E-state index in [0.717, 1.165) is 5.56 Å². The van der Waals surface area contributed by atoms with Gasteiger partial charge < -0.3 is 9.80 Å². The highest BCUT2D eigenvalue weighted by Crippen LogP contribution is 2.28. The number of likely N-dealkylation sites (N-methyl/N-ethyl adjacent to an activating group) is 1. The zero-order valence-corrected chi connectivity index (χ0v) is 21.7. The maximum atomic E-state index is 15.2. The topological polar surface area (TPSA) is 59.5 Å². The highest BCUT2D eigenvalue weighted by Gasteiger charge is 2.33. The molecule has 36 heavy (non-hydrogen) atoms. The predicted octanol–water partition coefficient (Wildman–Crippen LogP) is 3.90. The Hall–Kier alpha value is -3.26. The Morgan fingerprint density at radius 1 is 1.03 bits per heavy atom. The number of nitrogens with zero attached hydrogens (tertiary/aromatic N) is 5. The van der Waals surface area contributed by atoms with Crippen molar-refractivity contribution in [1.29, 1.82) is 0 Å². The van der Waals surface area contributed by atoms with Crippen LogP contribution in [0.2, 0.25) is 0 Å². The van der Waals surface area contributed by atoms with E-state index in [-0.39, 0.29) is 36.1 Å². The first kappa shape index (κ1) is 25.8. The maximum Gasteiger partial charge on any atom is 0.249 e. The molecule has 0 spiro atoms. The lowest BCUT2D eigenvalue weighted by atomic mass is 10.0. The van der Waals surface area contributed by atoms with Gasteiger partial charge in [0, 0.05) is 50.9 Å². The van der Waals surface area contributed by atoms with Gasteiger partial charge in [-0.1, -0.05) is 36.4 Å². The van der Waals surface area contributed by atoms with Gasteiger partial charge in [-0.3, -0.25) is 14.5 Å². The maximum absolute atomic E-state index is 15.2. The molecule has 0 aliphatic carbocycles. The quantitative estimate of drug-likeness (QED) is 0.560. The molecule has 2 aromatic rings. The fourth-order valence-electron chi connectivity index (χ4n) is 5.03. The molecule has 0 aromatic heterocycles. The van der Waals surface area contributed by atoms with E-state index in [1.807, 2.05) is 73.9 Å². The number of benzene rings is 2. The van der Waals surface area contributed by atoms with E-state index < -0.39 is 0 Å². The van der Waals surface area contributed by atoms with Gasteiger partial charge in [-0.05, 0) is 45.4 Å². The lowest BCUT2D eigenvalue weighted by molar-refractivity contribution is -0.137. The minimum absolute atomic E-state index is 0.0243. The summed E-state index contributed by atoms with van der Waals surface area (Å²) in [7, 11) is 0. The van der Waals surface area contributed by atoms with Gasteiger partial charge in [0.05, 0.1) is 17.8 Å². The Morgan fingerprint density at radius 2 is 1.69 bits per heavy atom. The van der Waals surface area contributed by atoms with Crippen LogP contribution in [0.5, 0.6) is 0 Å². The second kappa shape index (κ2) is 11.2. The molecule has 0 bridgehead atoms. The number of carbonyl (C=O) groups is 2. The molecule has 2 heterocycles. The van der Waals surface area contributed by atoms with Crippen LogP contribution in [-0.2, 0) is 9.59 Å². The summed E-state index contributed by atoms with van der Waals surface area (Å²) in [6.07, 6.45) is 0.192. The van der Waals surface area contributed by atoms with Gasteiger partial charge in [0.25, 0.3) is 0 Å². The molecule has 1 fully saturated rings. The molecule has 0 saturated carbocycles. The molecule has 1 unspecified atom stereocenters. The molecule has 8 heteroatoms. The number of anilines is 1. The molecule has 2 amide bonds. The number of hydrazone groups is 1. The number of rotatable bonds is 8. The van der Waals surface area contributed by atoms with Crippen molar-refractivity contribution in [3.05, 3.63) is 65.5 Å². The summed E-state index contributed by atoms with van der Waals surface area (Å²) in [4.78, 5) is 31.7. The van der Waals surface area contributed by atoms with Crippen LogP contribution in [0.3, 0.4) is 0 Å². The van der Waals surface area contributed by atoms with Crippen LogP contribution in [0.15, 0.2) is 53.6 Å². The van der Waals surface area contributed by atoms with Crippen LogP contribution in [0.1, 0.15) is 51.3 Å². The van der Waals surface area contributed by atoms with Crippen molar-refractivity contribution in [2.75, 3.05) is 44.2 Å². The van der Waals surface area contributed by atoms with Gasteiger partial charge >= 0.3 is 0 Å². The summed E-state index contributed by atoms with van der Waals surface area (Å²) < 4.78 is 15.2. The van der Waals surface area contributed by atoms with Gasteiger partial charge in [-0.25, -0.2) is 9.40 Å². The van der Waals surface area contributed by atoms with Crippen LogP contribution in [0.4, 0.5) is 10.1 Å². The summed E-state index contributed by atoms with van der Waals surface area (Å²) >= 11 is 0. The molecule has 7 nitrogen and oxygen atoms in total. The van der Waals surface area contributed by atoms with Crippen LogP contribution in [-0.4, -0.2) is 77.6 Å². The number of hydrogen-bond donors (Lipinski definition) is 0. The summed E-state index contributed by atoms with van der Waals surface area (Å²) in [6, 6.07) is 14.6. The third-order valence-corrected chi connectivity index (χ3v) is 7.02. The lowest BCUT2D eigenvalue weighted by Crippen LogP contribution is -2.52. The minimum Gasteiger partial charge on any atom is -0.367 e. The molecular weight excluding hydrogens is 457 g/mol. The van der Waals surface area contributed by atoms with Crippen molar-refractivity contribution in [2.24, 2.45) is 5.10 Å². The Labute approximate surface area is 213 Å². The molecule has 1 atom stereocenters. The van der Waals surface area contributed by atoms with Gasteiger partial charge in [-0.15, -0.1) is 0 Å². The standard InChI is InChI=1S/C28H36FN5O2/c1-5-31(6-2)28(36)27(21-10-8-7-9-11-21)33-16-14-32(15-17-33)25-13-12-22(18-23(25)29)24-19-26(35)34(30-24)20(3)4/h7-13,18,20,27H,5-6,14-17,19H2,1-4H3. The molecule has 2 aliphatic heterocycles. The van der Waals surface area contributed by atoms with Crippen molar-refractivity contribution in [3.63, 3.8) is 0 Å². The molecule has 0 N–H and O–H groups in total. The largest absolute Gasteiger partial charge is 0.367 e. The number of piperazine rings is 1. The lowest BCUT2D eigenvalue weighted by Gasteiger charge is -2.41. The van der Waals surface area contributed by atoms with E-state index in [9.17, 15) is 9.59 Å². The van der Waals surface area contributed by atoms with Crippen molar-refractivity contribution < 1.29 is 14.0 Å². The zero-order valence-electron chi connectivity index (χ0n) is 21.7. The molecule has 1 saturated heterocycles. The van der Waals surface area contributed by atoms with Gasteiger partial charge in [-0.2, -0.15) is 5.10 Å². The highest BCUT2D eigenvalue weighted by atomic mass is 19.1. The molecule has 192 valence electrons. The minimum atomic E-state index is -0.345. The van der Waals surface area contributed by atoms with Gasteiger partial charge in [0.15, 0.2) is 0 Å². The molecule has 2 aromatic carbocycles. The normalized spacial score (nSPS) is 17.5. The van der Waals surface area contributed by atoms with E-state index in [1.54, 1.807) is 6.07 Å². The number of halogens is 1.